The lowest BCUT2D eigenvalue weighted by atomic mass is 9.97. The van der Waals surface area contributed by atoms with Crippen LogP contribution in [0.3, 0.4) is 0 Å². The molecular weight excluding hydrogens is 408 g/mol. The van der Waals surface area contributed by atoms with Gasteiger partial charge >= 0.3 is 0 Å². The third-order valence-electron chi connectivity index (χ3n) is 5.15. The van der Waals surface area contributed by atoms with Crippen LogP contribution in [0, 0.1) is 0 Å². The fourth-order valence-electron chi connectivity index (χ4n) is 3.62. The SMILES string of the molecule is CCCCc1noc(CSc2nc3sc4c(c3c(=O)n2CCOC)CCCC4)n1. The predicted octanol–water partition coefficient (Wildman–Crippen LogP) is 4.00. The first-order valence-corrected chi connectivity index (χ1v) is 12.0. The van der Waals surface area contributed by atoms with Crippen LogP contribution in [0.15, 0.2) is 14.5 Å². The number of thioether (sulfide) groups is 1. The van der Waals surface area contributed by atoms with Crippen molar-refractivity contribution in [3.05, 3.63) is 32.5 Å². The second kappa shape index (κ2) is 9.40. The molecule has 1 aliphatic rings. The van der Waals surface area contributed by atoms with Gasteiger partial charge in [-0.3, -0.25) is 9.36 Å². The van der Waals surface area contributed by atoms with Crippen molar-refractivity contribution in [1.82, 2.24) is 19.7 Å². The van der Waals surface area contributed by atoms with Crippen LogP contribution in [0.2, 0.25) is 0 Å². The summed E-state index contributed by atoms with van der Waals surface area (Å²) < 4.78 is 12.3. The van der Waals surface area contributed by atoms with Crippen molar-refractivity contribution in [2.24, 2.45) is 0 Å². The molecule has 3 heterocycles. The molecule has 0 saturated carbocycles. The summed E-state index contributed by atoms with van der Waals surface area (Å²) in [5.41, 5.74) is 1.26. The molecule has 0 unspecified atom stereocenters. The Morgan fingerprint density at radius 2 is 2.14 bits per heavy atom. The molecule has 7 nitrogen and oxygen atoms in total. The molecule has 29 heavy (non-hydrogen) atoms. The summed E-state index contributed by atoms with van der Waals surface area (Å²) in [6.45, 7) is 3.09. The summed E-state index contributed by atoms with van der Waals surface area (Å²) in [6, 6.07) is 0. The first-order chi connectivity index (χ1) is 14.2. The largest absolute Gasteiger partial charge is 0.383 e. The van der Waals surface area contributed by atoms with Gasteiger partial charge in [-0.25, -0.2) is 4.98 Å². The molecule has 9 heteroatoms. The third kappa shape index (κ3) is 4.41. The van der Waals surface area contributed by atoms with E-state index >= 15 is 0 Å². The van der Waals surface area contributed by atoms with E-state index in [9.17, 15) is 4.79 Å². The molecule has 0 amide bonds. The van der Waals surface area contributed by atoms with Crippen LogP contribution in [0.1, 0.15) is 54.8 Å². The lowest BCUT2D eigenvalue weighted by Crippen LogP contribution is -2.25. The van der Waals surface area contributed by atoms with Gasteiger partial charge in [0.1, 0.15) is 4.83 Å². The summed E-state index contributed by atoms with van der Waals surface area (Å²) in [5.74, 6) is 1.81. The Labute approximate surface area is 177 Å². The maximum absolute atomic E-state index is 13.3. The van der Waals surface area contributed by atoms with Crippen LogP contribution >= 0.6 is 23.1 Å². The number of aryl methyl sites for hydroxylation is 3. The number of fused-ring (bicyclic) bond motifs is 3. The van der Waals surface area contributed by atoms with E-state index < -0.39 is 0 Å². The lowest BCUT2D eigenvalue weighted by molar-refractivity contribution is 0.183. The highest BCUT2D eigenvalue weighted by atomic mass is 32.2. The van der Waals surface area contributed by atoms with Gasteiger partial charge < -0.3 is 9.26 Å². The Morgan fingerprint density at radius 3 is 2.97 bits per heavy atom. The fraction of sp³-hybridized carbons (Fsp3) is 0.600. The number of hydrogen-bond donors (Lipinski definition) is 0. The van der Waals surface area contributed by atoms with Crippen molar-refractivity contribution in [3.63, 3.8) is 0 Å². The number of unbranched alkanes of at least 4 members (excludes halogenated alkanes) is 1. The van der Waals surface area contributed by atoms with Gasteiger partial charge in [0.2, 0.25) is 5.89 Å². The number of hydrogen-bond acceptors (Lipinski definition) is 8. The van der Waals surface area contributed by atoms with Gasteiger partial charge in [-0.05, 0) is 37.7 Å². The maximum Gasteiger partial charge on any atom is 0.263 e. The van der Waals surface area contributed by atoms with Gasteiger partial charge in [0.25, 0.3) is 5.56 Å². The number of methoxy groups -OCH3 is 1. The minimum atomic E-state index is 0.0445. The molecule has 3 aromatic heterocycles. The predicted molar refractivity (Wildman–Crippen MR) is 115 cm³/mol. The van der Waals surface area contributed by atoms with Crippen LogP contribution in [0.5, 0.6) is 0 Å². The number of thiophene rings is 1. The van der Waals surface area contributed by atoms with Crippen molar-refractivity contribution >= 4 is 33.3 Å². The number of ether oxygens (including phenoxy) is 1. The lowest BCUT2D eigenvalue weighted by Gasteiger charge is -2.12. The molecule has 3 aromatic rings. The van der Waals surface area contributed by atoms with Crippen molar-refractivity contribution in [1.29, 1.82) is 0 Å². The van der Waals surface area contributed by atoms with Crippen molar-refractivity contribution in [3.8, 4) is 0 Å². The Morgan fingerprint density at radius 1 is 1.28 bits per heavy atom. The molecule has 4 rings (SSSR count). The highest BCUT2D eigenvalue weighted by Gasteiger charge is 2.22. The van der Waals surface area contributed by atoms with Crippen LogP contribution < -0.4 is 5.56 Å². The molecule has 156 valence electrons. The molecule has 0 spiro atoms. The van der Waals surface area contributed by atoms with Gasteiger partial charge in [0.05, 0.1) is 24.3 Å². The van der Waals surface area contributed by atoms with Crippen LogP contribution in [0.4, 0.5) is 0 Å². The highest BCUT2D eigenvalue weighted by molar-refractivity contribution is 7.98. The van der Waals surface area contributed by atoms with E-state index in [2.05, 4.69) is 17.1 Å². The van der Waals surface area contributed by atoms with Gasteiger partial charge in [-0.15, -0.1) is 11.3 Å². The van der Waals surface area contributed by atoms with Crippen LogP contribution in [-0.2, 0) is 36.3 Å². The zero-order valence-corrected chi connectivity index (χ0v) is 18.5. The monoisotopic (exact) mass is 434 g/mol. The molecular formula is C20H26N4O3S2. The van der Waals surface area contributed by atoms with Crippen LogP contribution in [0.25, 0.3) is 10.2 Å². The molecule has 0 fully saturated rings. The van der Waals surface area contributed by atoms with Crippen molar-refractivity contribution in [2.45, 2.75) is 69.3 Å². The maximum atomic E-state index is 13.3. The number of aromatic nitrogens is 4. The molecule has 0 aromatic carbocycles. The number of nitrogens with zero attached hydrogens (tertiary/aromatic N) is 4. The van der Waals surface area contributed by atoms with Crippen LogP contribution in [-0.4, -0.2) is 33.4 Å². The van der Waals surface area contributed by atoms with Crippen molar-refractivity contribution in [2.75, 3.05) is 13.7 Å². The average molecular weight is 435 g/mol. The van der Waals surface area contributed by atoms with E-state index in [1.165, 1.54) is 28.6 Å². The van der Waals surface area contributed by atoms with Gasteiger partial charge in [-0.2, -0.15) is 4.98 Å². The zero-order chi connectivity index (χ0) is 20.2. The average Bonchev–Trinajstić information content (AvgIpc) is 3.34. The van der Waals surface area contributed by atoms with E-state index in [1.807, 2.05) is 0 Å². The first-order valence-electron chi connectivity index (χ1n) is 10.2. The van der Waals surface area contributed by atoms with E-state index in [0.29, 0.717) is 30.0 Å². The summed E-state index contributed by atoms with van der Waals surface area (Å²) >= 11 is 3.14. The second-order valence-electron chi connectivity index (χ2n) is 7.23. The second-order valence-corrected chi connectivity index (χ2v) is 9.26. The Hall–Kier alpha value is -1.71. The topological polar surface area (TPSA) is 83.0 Å². The van der Waals surface area contributed by atoms with Crippen molar-refractivity contribution < 1.29 is 9.26 Å². The molecule has 0 aliphatic heterocycles. The van der Waals surface area contributed by atoms with E-state index in [1.54, 1.807) is 23.0 Å². The first kappa shape index (κ1) is 20.6. The Balaban J connectivity index is 1.63. The van der Waals surface area contributed by atoms with Gasteiger partial charge in [0.15, 0.2) is 11.0 Å². The quantitative estimate of drug-likeness (QED) is 0.372. The molecule has 0 saturated heterocycles. The minimum Gasteiger partial charge on any atom is -0.383 e. The molecule has 0 N–H and O–H groups in total. The van der Waals surface area contributed by atoms with E-state index in [4.69, 9.17) is 14.2 Å². The Bertz CT molecular complexity index is 1040. The van der Waals surface area contributed by atoms with Gasteiger partial charge in [0, 0.05) is 18.4 Å². The molecule has 0 atom stereocenters. The molecule has 0 bridgehead atoms. The smallest absolute Gasteiger partial charge is 0.263 e. The third-order valence-corrected chi connectivity index (χ3v) is 7.29. The fourth-order valence-corrected chi connectivity index (χ4v) is 5.79. The summed E-state index contributed by atoms with van der Waals surface area (Å²) in [7, 11) is 1.65. The standard InChI is InChI=1S/C20H26N4O3S2/c1-3-4-9-15-21-16(27-23-15)12-28-20-22-18-17(19(25)24(20)10-11-26-2)13-7-5-6-8-14(13)29-18/h3-12H2,1-2H3. The molecule has 0 radical (unpaired) electrons. The summed E-state index contributed by atoms with van der Waals surface area (Å²) in [6.07, 6.45) is 7.34. The highest BCUT2D eigenvalue weighted by Crippen LogP contribution is 2.35. The van der Waals surface area contributed by atoms with E-state index in [0.717, 1.165) is 54.6 Å². The summed E-state index contributed by atoms with van der Waals surface area (Å²) in [4.78, 5) is 24.8. The number of rotatable bonds is 9. The summed E-state index contributed by atoms with van der Waals surface area (Å²) in [5, 5.41) is 5.54. The Kier molecular flexibility index (Phi) is 6.67. The molecule has 1 aliphatic carbocycles. The minimum absolute atomic E-state index is 0.0445. The van der Waals surface area contributed by atoms with Gasteiger partial charge in [-0.1, -0.05) is 30.3 Å². The normalized spacial score (nSPS) is 13.9. The van der Waals surface area contributed by atoms with E-state index in [-0.39, 0.29) is 5.56 Å². The zero-order valence-electron chi connectivity index (χ0n) is 16.9.